The summed E-state index contributed by atoms with van der Waals surface area (Å²) in [4.78, 5) is 24.1. The van der Waals surface area contributed by atoms with E-state index in [9.17, 15) is 9.59 Å². The third-order valence-corrected chi connectivity index (χ3v) is 3.28. The molecule has 2 aromatic carbocycles. The van der Waals surface area contributed by atoms with Crippen molar-refractivity contribution >= 4 is 22.4 Å². The van der Waals surface area contributed by atoms with Crippen LogP contribution in [0.5, 0.6) is 0 Å². The summed E-state index contributed by atoms with van der Waals surface area (Å²) in [5, 5.41) is 18.9. The Balaban J connectivity index is 1.99. The van der Waals surface area contributed by atoms with E-state index < -0.39 is 5.91 Å². The second kappa shape index (κ2) is 5.79. The molecule has 0 aliphatic heterocycles. The van der Waals surface area contributed by atoms with Crippen molar-refractivity contribution < 1.29 is 9.90 Å². The minimum atomic E-state index is -0.428. The number of anilines is 1. The van der Waals surface area contributed by atoms with Crippen LogP contribution >= 0.6 is 0 Å². The van der Waals surface area contributed by atoms with Crippen molar-refractivity contribution in [2.75, 3.05) is 5.32 Å². The van der Waals surface area contributed by atoms with E-state index in [4.69, 9.17) is 5.11 Å². The van der Waals surface area contributed by atoms with Gasteiger partial charge in [0.25, 0.3) is 11.5 Å². The molecule has 1 heterocycles. The lowest BCUT2D eigenvalue weighted by Crippen LogP contribution is -2.19. The van der Waals surface area contributed by atoms with Crippen LogP contribution in [0.3, 0.4) is 0 Å². The fraction of sp³-hybridized carbons (Fsp3) is 0.0625. The largest absolute Gasteiger partial charge is 0.392 e. The molecule has 3 aromatic rings. The summed E-state index contributed by atoms with van der Waals surface area (Å²) in [6.45, 7) is -0.108. The van der Waals surface area contributed by atoms with E-state index in [0.717, 1.165) is 0 Å². The lowest BCUT2D eigenvalue weighted by molar-refractivity contribution is 0.102. The van der Waals surface area contributed by atoms with Gasteiger partial charge >= 0.3 is 0 Å². The van der Waals surface area contributed by atoms with E-state index in [0.29, 0.717) is 22.0 Å². The Morgan fingerprint density at radius 2 is 1.91 bits per heavy atom. The lowest BCUT2D eigenvalue weighted by Gasteiger charge is -2.07. The minimum Gasteiger partial charge on any atom is -0.392 e. The third-order valence-electron chi connectivity index (χ3n) is 3.28. The van der Waals surface area contributed by atoms with E-state index in [1.54, 1.807) is 48.5 Å². The molecule has 0 atom stereocenters. The van der Waals surface area contributed by atoms with Crippen LogP contribution in [-0.2, 0) is 6.61 Å². The van der Waals surface area contributed by atoms with Gasteiger partial charge in [-0.15, -0.1) is 0 Å². The molecule has 3 rings (SSSR count). The standard InChI is InChI=1S/C16H13N3O3/c20-9-10-4-3-5-11(8-10)17-16(22)14-12-6-1-2-7-13(12)15(21)19-18-14/h1-8,20H,9H2,(H,17,22)(H,19,21). The van der Waals surface area contributed by atoms with Crippen molar-refractivity contribution in [1.29, 1.82) is 0 Å². The summed E-state index contributed by atoms with van der Waals surface area (Å²) < 4.78 is 0. The predicted molar refractivity (Wildman–Crippen MR) is 82.7 cm³/mol. The first-order valence-electron chi connectivity index (χ1n) is 6.67. The monoisotopic (exact) mass is 295 g/mol. The Morgan fingerprint density at radius 3 is 2.68 bits per heavy atom. The first kappa shape index (κ1) is 14.0. The van der Waals surface area contributed by atoms with Gasteiger partial charge in [-0.25, -0.2) is 5.10 Å². The number of rotatable bonds is 3. The highest BCUT2D eigenvalue weighted by molar-refractivity contribution is 6.11. The maximum Gasteiger partial charge on any atom is 0.276 e. The number of hydrogen-bond donors (Lipinski definition) is 3. The number of carbonyl (C=O) groups is 1. The van der Waals surface area contributed by atoms with E-state index in [1.807, 2.05) is 0 Å². The average Bonchev–Trinajstić information content (AvgIpc) is 2.55. The van der Waals surface area contributed by atoms with Crippen molar-refractivity contribution in [1.82, 2.24) is 10.2 Å². The molecule has 6 heteroatoms. The number of H-pyrrole nitrogens is 1. The van der Waals surface area contributed by atoms with Gasteiger partial charge in [-0.2, -0.15) is 5.10 Å². The van der Waals surface area contributed by atoms with Gasteiger partial charge in [-0.05, 0) is 23.8 Å². The predicted octanol–water partition coefficient (Wildman–Crippen LogP) is 1.67. The zero-order valence-corrected chi connectivity index (χ0v) is 11.5. The summed E-state index contributed by atoms with van der Waals surface area (Å²) in [5.74, 6) is -0.428. The molecule has 0 unspecified atom stereocenters. The molecule has 0 spiro atoms. The quantitative estimate of drug-likeness (QED) is 0.685. The van der Waals surface area contributed by atoms with Crippen LogP contribution in [0, 0.1) is 0 Å². The lowest BCUT2D eigenvalue weighted by atomic mass is 10.1. The van der Waals surface area contributed by atoms with E-state index in [1.165, 1.54) is 0 Å². The van der Waals surface area contributed by atoms with Crippen molar-refractivity contribution in [3.63, 3.8) is 0 Å². The van der Waals surface area contributed by atoms with Gasteiger partial charge in [0.2, 0.25) is 0 Å². The molecule has 3 N–H and O–H groups in total. The smallest absolute Gasteiger partial charge is 0.276 e. The highest BCUT2D eigenvalue weighted by atomic mass is 16.3. The molecular weight excluding hydrogens is 282 g/mol. The summed E-state index contributed by atoms with van der Waals surface area (Å²) in [7, 11) is 0. The fourth-order valence-corrected chi connectivity index (χ4v) is 2.23. The van der Waals surface area contributed by atoms with Gasteiger partial charge in [0.1, 0.15) is 0 Å². The minimum absolute atomic E-state index is 0.108. The number of fused-ring (bicyclic) bond motifs is 1. The van der Waals surface area contributed by atoms with Gasteiger partial charge in [0.05, 0.1) is 12.0 Å². The fourth-order valence-electron chi connectivity index (χ4n) is 2.23. The number of nitrogens with zero attached hydrogens (tertiary/aromatic N) is 1. The van der Waals surface area contributed by atoms with Crippen molar-refractivity contribution in [2.24, 2.45) is 0 Å². The molecule has 0 radical (unpaired) electrons. The van der Waals surface area contributed by atoms with Gasteiger partial charge in [0.15, 0.2) is 5.69 Å². The summed E-state index contributed by atoms with van der Waals surface area (Å²) in [5.41, 5.74) is 1.05. The zero-order chi connectivity index (χ0) is 15.5. The number of hydrogen-bond acceptors (Lipinski definition) is 4. The van der Waals surface area contributed by atoms with Gasteiger partial charge in [-0.3, -0.25) is 9.59 Å². The normalized spacial score (nSPS) is 10.6. The molecule has 110 valence electrons. The van der Waals surface area contributed by atoms with Crippen LogP contribution in [0.25, 0.3) is 10.8 Å². The molecule has 0 aliphatic carbocycles. The second-order valence-electron chi connectivity index (χ2n) is 4.76. The van der Waals surface area contributed by atoms with Crippen LogP contribution < -0.4 is 10.9 Å². The third kappa shape index (κ3) is 2.59. The average molecular weight is 295 g/mol. The van der Waals surface area contributed by atoms with Gasteiger partial charge in [-0.1, -0.05) is 30.3 Å². The highest BCUT2D eigenvalue weighted by Gasteiger charge is 2.14. The molecule has 1 amide bonds. The molecule has 22 heavy (non-hydrogen) atoms. The number of carbonyl (C=O) groups excluding carboxylic acids is 1. The van der Waals surface area contributed by atoms with E-state index in [-0.39, 0.29) is 17.9 Å². The summed E-state index contributed by atoms with van der Waals surface area (Å²) in [6, 6.07) is 13.7. The molecular formula is C16H13N3O3. The first-order chi connectivity index (χ1) is 10.7. The number of aromatic amines is 1. The molecule has 0 fully saturated rings. The number of amides is 1. The number of aliphatic hydroxyl groups excluding tert-OH is 1. The first-order valence-corrected chi connectivity index (χ1v) is 6.67. The molecule has 0 saturated carbocycles. The van der Waals surface area contributed by atoms with Crippen LogP contribution in [0.2, 0.25) is 0 Å². The molecule has 0 bridgehead atoms. The van der Waals surface area contributed by atoms with Crippen molar-refractivity contribution in [3.05, 3.63) is 70.1 Å². The Hall–Kier alpha value is -2.99. The Morgan fingerprint density at radius 1 is 1.14 bits per heavy atom. The molecule has 0 saturated heterocycles. The number of nitrogens with one attached hydrogen (secondary N) is 2. The highest BCUT2D eigenvalue weighted by Crippen LogP contribution is 2.16. The molecule has 0 aliphatic rings. The van der Waals surface area contributed by atoms with Crippen LogP contribution in [0.1, 0.15) is 16.1 Å². The van der Waals surface area contributed by atoms with Crippen LogP contribution in [0.15, 0.2) is 53.3 Å². The van der Waals surface area contributed by atoms with Crippen molar-refractivity contribution in [2.45, 2.75) is 6.61 Å². The van der Waals surface area contributed by atoms with E-state index in [2.05, 4.69) is 15.5 Å². The van der Waals surface area contributed by atoms with Gasteiger partial charge < -0.3 is 10.4 Å². The topological polar surface area (TPSA) is 95.1 Å². The Kier molecular flexibility index (Phi) is 3.67. The van der Waals surface area contributed by atoms with Crippen LogP contribution in [0.4, 0.5) is 5.69 Å². The molecule has 1 aromatic heterocycles. The summed E-state index contributed by atoms with van der Waals surface area (Å²) in [6.07, 6.45) is 0. The maximum atomic E-state index is 12.4. The number of aromatic nitrogens is 2. The summed E-state index contributed by atoms with van der Waals surface area (Å²) >= 11 is 0. The van der Waals surface area contributed by atoms with E-state index >= 15 is 0 Å². The molecule has 6 nitrogen and oxygen atoms in total. The number of benzene rings is 2. The van der Waals surface area contributed by atoms with Crippen molar-refractivity contribution in [3.8, 4) is 0 Å². The SMILES string of the molecule is O=C(Nc1cccc(CO)c1)c1n[nH]c(=O)c2ccccc12. The van der Waals surface area contributed by atoms with Gasteiger partial charge in [0, 0.05) is 11.1 Å². The second-order valence-corrected chi connectivity index (χ2v) is 4.76. The Bertz CT molecular complexity index is 902. The zero-order valence-electron chi connectivity index (χ0n) is 11.5. The van der Waals surface area contributed by atoms with Crippen LogP contribution in [-0.4, -0.2) is 21.2 Å². The number of aliphatic hydroxyl groups is 1. The maximum absolute atomic E-state index is 12.4. The Labute approximate surface area is 125 Å².